The van der Waals surface area contributed by atoms with E-state index in [4.69, 9.17) is 12.2 Å². The summed E-state index contributed by atoms with van der Waals surface area (Å²) in [4.78, 5) is 0.0814. The summed E-state index contributed by atoms with van der Waals surface area (Å²) in [6, 6.07) is 15.1. The SMILES string of the molecule is [O-]/C(=C(\C(=S)Nc1cccc(Br)c1)[n+]1ccccc1)c1cc(F)ccc1F. The second-order valence-corrected chi connectivity index (χ2v) is 6.87. The summed E-state index contributed by atoms with van der Waals surface area (Å²) in [5.74, 6) is -2.25. The number of benzene rings is 2. The normalized spacial score (nSPS) is 11.7. The van der Waals surface area contributed by atoms with Crippen molar-refractivity contribution in [2.45, 2.75) is 0 Å². The lowest BCUT2D eigenvalue weighted by Crippen LogP contribution is -2.39. The van der Waals surface area contributed by atoms with Gasteiger partial charge in [-0.05, 0) is 42.2 Å². The van der Waals surface area contributed by atoms with Crippen molar-refractivity contribution in [1.29, 1.82) is 0 Å². The minimum Gasteiger partial charge on any atom is -0.867 e. The monoisotopic (exact) mass is 446 g/mol. The van der Waals surface area contributed by atoms with Crippen molar-refractivity contribution in [3.8, 4) is 0 Å². The maximum atomic E-state index is 14.2. The first-order valence-electron chi connectivity index (χ1n) is 7.86. The van der Waals surface area contributed by atoms with Gasteiger partial charge in [-0.2, -0.15) is 4.57 Å². The zero-order chi connectivity index (χ0) is 19.4. The highest BCUT2D eigenvalue weighted by Crippen LogP contribution is 2.21. The summed E-state index contributed by atoms with van der Waals surface area (Å²) >= 11 is 8.78. The number of thiocarbonyl (C=S) groups is 1. The summed E-state index contributed by atoms with van der Waals surface area (Å²) in [6.07, 6.45) is 3.22. The van der Waals surface area contributed by atoms with Gasteiger partial charge >= 0.3 is 0 Å². The van der Waals surface area contributed by atoms with Crippen LogP contribution in [-0.2, 0) is 0 Å². The molecule has 0 amide bonds. The Labute approximate surface area is 168 Å². The van der Waals surface area contributed by atoms with Crippen LogP contribution in [0.1, 0.15) is 5.56 Å². The van der Waals surface area contributed by atoms with E-state index in [0.717, 1.165) is 22.7 Å². The van der Waals surface area contributed by atoms with Crippen LogP contribution in [0.3, 0.4) is 0 Å². The molecule has 0 aliphatic carbocycles. The van der Waals surface area contributed by atoms with E-state index in [0.29, 0.717) is 5.69 Å². The van der Waals surface area contributed by atoms with E-state index < -0.39 is 17.4 Å². The van der Waals surface area contributed by atoms with E-state index in [9.17, 15) is 13.9 Å². The molecule has 1 aromatic heterocycles. The van der Waals surface area contributed by atoms with Crippen LogP contribution in [0.25, 0.3) is 11.5 Å². The van der Waals surface area contributed by atoms with Gasteiger partial charge in [0.25, 0.3) is 0 Å². The molecule has 1 N–H and O–H groups in total. The number of nitrogens with zero attached hydrogens (tertiary/aromatic N) is 1. The summed E-state index contributed by atoms with van der Waals surface area (Å²) in [6.45, 7) is 0. The number of hydrogen-bond donors (Lipinski definition) is 1. The average molecular weight is 447 g/mol. The molecule has 0 bridgehead atoms. The molecular formula is C20H13BrF2N2OS. The first kappa shape index (κ1) is 19.1. The van der Waals surface area contributed by atoms with E-state index in [2.05, 4.69) is 21.2 Å². The Morgan fingerprint density at radius 1 is 1.00 bits per heavy atom. The third-order valence-corrected chi connectivity index (χ3v) is 4.45. The number of halogens is 3. The van der Waals surface area contributed by atoms with Gasteiger partial charge in [0.15, 0.2) is 17.4 Å². The van der Waals surface area contributed by atoms with Crippen molar-refractivity contribution in [2.24, 2.45) is 0 Å². The van der Waals surface area contributed by atoms with Crippen molar-refractivity contribution in [3.05, 3.63) is 94.7 Å². The van der Waals surface area contributed by atoms with Crippen LogP contribution in [0.15, 0.2) is 77.5 Å². The molecule has 0 atom stereocenters. The van der Waals surface area contributed by atoms with Crippen LogP contribution in [0.4, 0.5) is 14.5 Å². The van der Waals surface area contributed by atoms with Crippen LogP contribution in [-0.4, -0.2) is 4.99 Å². The number of rotatable bonds is 4. The second-order valence-electron chi connectivity index (χ2n) is 5.55. The Morgan fingerprint density at radius 2 is 1.74 bits per heavy atom. The van der Waals surface area contributed by atoms with Gasteiger partial charge in [0, 0.05) is 27.9 Å². The lowest BCUT2D eigenvalue weighted by atomic mass is 10.1. The van der Waals surface area contributed by atoms with Gasteiger partial charge in [-0.1, -0.05) is 40.3 Å². The number of pyridine rings is 1. The molecule has 0 spiro atoms. The lowest BCUT2D eigenvalue weighted by molar-refractivity contribution is -0.577. The van der Waals surface area contributed by atoms with E-state index in [-0.39, 0.29) is 16.2 Å². The highest BCUT2D eigenvalue weighted by molar-refractivity contribution is 9.10. The van der Waals surface area contributed by atoms with Crippen LogP contribution in [0.2, 0.25) is 0 Å². The number of hydrogen-bond acceptors (Lipinski definition) is 2. The maximum Gasteiger partial charge on any atom is 0.238 e. The molecule has 3 rings (SSSR count). The molecule has 0 radical (unpaired) electrons. The molecule has 0 aliphatic rings. The van der Waals surface area contributed by atoms with Crippen LogP contribution in [0, 0.1) is 11.6 Å². The van der Waals surface area contributed by atoms with Crippen LogP contribution < -0.4 is 15.0 Å². The van der Waals surface area contributed by atoms with Crippen molar-refractivity contribution in [1.82, 2.24) is 0 Å². The predicted octanol–water partition coefficient (Wildman–Crippen LogP) is 4.14. The standard InChI is InChI=1S/C20H13BrF2N2OS/c21-13-5-4-6-15(11-13)24-20(27)18(25-9-2-1-3-10-25)19(26)16-12-14(22)7-8-17(16)23/h1-12H,(H-,24,26,27). The lowest BCUT2D eigenvalue weighted by Gasteiger charge is -2.17. The third kappa shape index (κ3) is 4.56. The van der Waals surface area contributed by atoms with Gasteiger partial charge in [0.1, 0.15) is 11.6 Å². The molecule has 2 aromatic carbocycles. The second kappa shape index (κ2) is 8.37. The average Bonchev–Trinajstić information content (AvgIpc) is 2.64. The van der Waals surface area contributed by atoms with Crippen molar-refractivity contribution in [2.75, 3.05) is 5.32 Å². The highest BCUT2D eigenvalue weighted by Gasteiger charge is 2.20. The maximum absolute atomic E-state index is 14.2. The first-order valence-corrected chi connectivity index (χ1v) is 9.06. The molecule has 0 unspecified atom stereocenters. The van der Waals surface area contributed by atoms with E-state index >= 15 is 0 Å². The molecule has 27 heavy (non-hydrogen) atoms. The van der Waals surface area contributed by atoms with E-state index in [1.165, 1.54) is 4.57 Å². The van der Waals surface area contributed by atoms with Gasteiger partial charge in [0.2, 0.25) is 5.70 Å². The van der Waals surface area contributed by atoms with E-state index in [1.54, 1.807) is 48.8 Å². The summed E-state index contributed by atoms with van der Waals surface area (Å²) in [5.41, 5.74) is 0.269. The molecule has 0 fully saturated rings. The van der Waals surface area contributed by atoms with E-state index in [1.807, 2.05) is 6.07 Å². The number of anilines is 1. The molecule has 0 saturated heterocycles. The number of aromatic nitrogens is 1. The molecule has 0 saturated carbocycles. The molecular weight excluding hydrogens is 434 g/mol. The smallest absolute Gasteiger partial charge is 0.238 e. The minimum atomic E-state index is -0.819. The van der Waals surface area contributed by atoms with Gasteiger partial charge in [-0.25, -0.2) is 8.78 Å². The van der Waals surface area contributed by atoms with Gasteiger partial charge in [0.05, 0.1) is 0 Å². The summed E-state index contributed by atoms with van der Waals surface area (Å²) in [7, 11) is 0. The highest BCUT2D eigenvalue weighted by atomic mass is 79.9. The van der Waals surface area contributed by atoms with Gasteiger partial charge in [-0.3, -0.25) is 0 Å². The largest absolute Gasteiger partial charge is 0.867 e. The Hall–Kier alpha value is -2.64. The number of nitrogens with one attached hydrogen (secondary N) is 1. The molecule has 3 aromatic rings. The Kier molecular flexibility index (Phi) is 5.93. The van der Waals surface area contributed by atoms with Crippen LogP contribution in [0.5, 0.6) is 0 Å². The molecule has 1 heterocycles. The van der Waals surface area contributed by atoms with Crippen LogP contribution >= 0.6 is 28.1 Å². The molecule has 3 nitrogen and oxygen atoms in total. The van der Waals surface area contributed by atoms with Gasteiger partial charge in [-0.15, -0.1) is 0 Å². The molecule has 7 heteroatoms. The zero-order valence-corrected chi connectivity index (χ0v) is 16.2. The predicted molar refractivity (Wildman–Crippen MR) is 106 cm³/mol. The first-order chi connectivity index (χ1) is 13.0. The minimum absolute atomic E-state index is 0.00933. The third-order valence-electron chi connectivity index (χ3n) is 3.66. The quantitative estimate of drug-likeness (QED) is 0.283. The summed E-state index contributed by atoms with van der Waals surface area (Å²) < 4.78 is 30.0. The van der Waals surface area contributed by atoms with Crippen molar-refractivity contribution < 1.29 is 18.5 Å². The Balaban J connectivity index is 2.11. The zero-order valence-electron chi connectivity index (χ0n) is 13.8. The molecule has 136 valence electrons. The summed E-state index contributed by atoms with van der Waals surface area (Å²) in [5, 5.41) is 16.0. The van der Waals surface area contributed by atoms with Gasteiger partial charge < -0.3 is 10.4 Å². The van der Waals surface area contributed by atoms with Crippen molar-refractivity contribution in [3.63, 3.8) is 0 Å². The fourth-order valence-electron chi connectivity index (χ4n) is 2.44. The Morgan fingerprint density at radius 3 is 2.44 bits per heavy atom. The van der Waals surface area contributed by atoms with Crippen molar-refractivity contribution >= 4 is 50.3 Å². The fraction of sp³-hybridized carbons (Fsp3) is 0. The Bertz CT molecular complexity index is 1030. The fourth-order valence-corrected chi connectivity index (χ4v) is 3.16. The molecule has 0 aliphatic heterocycles. The topological polar surface area (TPSA) is 39.0 Å².